The van der Waals surface area contributed by atoms with Gasteiger partial charge in [0, 0.05) is 18.6 Å². The molecule has 1 unspecified atom stereocenters. The van der Waals surface area contributed by atoms with Crippen LogP contribution in [-0.4, -0.2) is 33.6 Å². The molecule has 21 heavy (non-hydrogen) atoms. The van der Waals surface area contributed by atoms with Gasteiger partial charge in [-0.25, -0.2) is 4.98 Å². The summed E-state index contributed by atoms with van der Waals surface area (Å²) in [5, 5.41) is 9.09. The molecular weight excluding hydrogens is 284 g/mol. The Morgan fingerprint density at radius 1 is 1.52 bits per heavy atom. The molecule has 1 fully saturated rings. The highest BCUT2D eigenvalue weighted by Crippen LogP contribution is 2.28. The molecule has 5 heteroatoms. The van der Waals surface area contributed by atoms with Crippen LogP contribution in [0.2, 0.25) is 0 Å². The maximum atomic E-state index is 9.09. The molecular formula is C16H19ClN4. The van der Waals surface area contributed by atoms with E-state index in [1.807, 2.05) is 12.1 Å². The Kier molecular flexibility index (Phi) is 3.88. The van der Waals surface area contributed by atoms with E-state index in [1.165, 1.54) is 12.8 Å². The third-order valence-corrected chi connectivity index (χ3v) is 4.58. The summed E-state index contributed by atoms with van der Waals surface area (Å²) in [4.78, 5) is 7.01. The number of hydrogen-bond acceptors (Lipinski definition) is 3. The van der Waals surface area contributed by atoms with Crippen LogP contribution in [0.4, 0.5) is 0 Å². The fourth-order valence-electron chi connectivity index (χ4n) is 2.78. The first kappa shape index (κ1) is 14.4. The molecule has 1 aromatic carbocycles. The molecule has 0 bridgehead atoms. The van der Waals surface area contributed by atoms with Gasteiger partial charge in [0.1, 0.15) is 5.82 Å². The average molecular weight is 303 g/mol. The van der Waals surface area contributed by atoms with Crippen LogP contribution in [-0.2, 0) is 12.4 Å². The second-order valence-electron chi connectivity index (χ2n) is 5.83. The lowest BCUT2D eigenvalue weighted by Crippen LogP contribution is -2.34. The average Bonchev–Trinajstić information content (AvgIpc) is 3.29. The first-order valence-corrected chi connectivity index (χ1v) is 7.84. The number of halogens is 1. The number of nitrogens with zero attached hydrogens (tertiary/aromatic N) is 4. The highest BCUT2D eigenvalue weighted by atomic mass is 35.5. The number of benzene rings is 1. The van der Waals surface area contributed by atoms with E-state index in [2.05, 4.69) is 34.5 Å². The van der Waals surface area contributed by atoms with Gasteiger partial charge in [-0.05, 0) is 45.0 Å². The number of rotatable bonds is 5. The van der Waals surface area contributed by atoms with E-state index in [1.54, 1.807) is 6.07 Å². The zero-order chi connectivity index (χ0) is 15.0. The number of likely N-dealkylation sites (N-methyl/N-ethyl adjacent to an activating group) is 1. The second-order valence-corrected chi connectivity index (χ2v) is 6.10. The second kappa shape index (κ2) is 5.67. The molecule has 0 amide bonds. The van der Waals surface area contributed by atoms with E-state index >= 15 is 0 Å². The van der Waals surface area contributed by atoms with Crippen molar-refractivity contribution < 1.29 is 0 Å². The topological polar surface area (TPSA) is 44.9 Å². The minimum absolute atomic E-state index is 0.385. The Balaban J connectivity index is 1.96. The standard InChI is InChI=1S/C16H19ClN4/c1-11(20(2)13-4-5-13)10-21-15-7-12(9-18)3-6-14(15)19-16(21)8-17/h3,6-7,11,13H,4-5,8,10H2,1-2H3. The van der Waals surface area contributed by atoms with Gasteiger partial charge in [0.05, 0.1) is 28.5 Å². The Labute approximate surface area is 129 Å². The van der Waals surface area contributed by atoms with Crippen LogP contribution >= 0.6 is 11.6 Å². The van der Waals surface area contributed by atoms with Crippen LogP contribution in [0.25, 0.3) is 11.0 Å². The molecule has 1 aliphatic carbocycles. The van der Waals surface area contributed by atoms with E-state index in [-0.39, 0.29) is 0 Å². The third-order valence-electron chi connectivity index (χ3n) is 4.34. The molecule has 1 aliphatic rings. The number of fused-ring (bicyclic) bond motifs is 1. The molecule has 0 N–H and O–H groups in total. The third kappa shape index (κ3) is 2.76. The van der Waals surface area contributed by atoms with Gasteiger partial charge >= 0.3 is 0 Å². The van der Waals surface area contributed by atoms with E-state index < -0.39 is 0 Å². The molecule has 1 saturated carbocycles. The summed E-state index contributed by atoms with van der Waals surface area (Å²) < 4.78 is 2.16. The highest BCUT2D eigenvalue weighted by Gasteiger charge is 2.29. The predicted molar refractivity (Wildman–Crippen MR) is 84.3 cm³/mol. The van der Waals surface area contributed by atoms with Crippen molar-refractivity contribution in [3.05, 3.63) is 29.6 Å². The van der Waals surface area contributed by atoms with Crippen molar-refractivity contribution in [3.8, 4) is 6.07 Å². The van der Waals surface area contributed by atoms with Crippen molar-refractivity contribution in [2.75, 3.05) is 7.05 Å². The van der Waals surface area contributed by atoms with Gasteiger partial charge in [0.15, 0.2) is 0 Å². The number of hydrogen-bond donors (Lipinski definition) is 0. The largest absolute Gasteiger partial charge is 0.325 e. The molecule has 110 valence electrons. The van der Waals surface area contributed by atoms with Crippen LogP contribution in [0, 0.1) is 11.3 Å². The van der Waals surface area contributed by atoms with Crippen LogP contribution < -0.4 is 0 Å². The lowest BCUT2D eigenvalue weighted by atomic mass is 10.2. The molecule has 1 atom stereocenters. The molecule has 1 heterocycles. The molecule has 1 aromatic heterocycles. The summed E-state index contributed by atoms with van der Waals surface area (Å²) in [6.07, 6.45) is 2.60. The van der Waals surface area contributed by atoms with E-state index in [0.717, 1.165) is 29.4 Å². The van der Waals surface area contributed by atoms with Gasteiger partial charge < -0.3 is 4.57 Å². The minimum atomic E-state index is 0.385. The zero-order valence-corrected chi connectivity index (χ0v) is 13.1. The molecule has 0 aliphatic heterocycles. The van der Waals surface area contributed by atoms with Crippen molar-refractivity contribution in [1.82, 2.24) is 14.5 Å². The minimum Gasteiger partial charge on any atom is -0.325 e. The monoisotopic (exact) mass is 302 g/mol. The molecule has 0 spiro atoms. The quantitative estimate of drug-likeness (QED) is 0.797. The summed E-state index contributed by atoms with van der Waals surface area (Å²) >= 11 is 6.05. The first-order chi connectivity index (χ1) is 10.1. The summed E-state index contributed by atoms with van der Waals surface area (Å²) in [6, 6.07) is 8.94. The lowest BCUT2D eigenvalue weighted by Gasteiger charge is -2.25. The number of nitriles is 1. The Morgan fingerprint density at radius 3 is 2.90 bits per heavy atom. The van der Waals surface area contributed by atoms with Gasteiger partial charge in [0.25, 0.3) is 0 Å². The summed E-state index contributed by atoms with van der Waals surface area (Å²) in [6.45, 7) is 3.08. The SMILES string of the molecule is CC(Cn1c(CCl)nc2ccc(C#N)cc21)N(C)C1CC1. The summed E-state index contributed by atoms with van der Waals surface area (Å²) in [7, 11) is 2.18. The number of aromatic nitrogens is 2. The number of alkyl halides is 1. The lowest BCUT2D eigenvalue weighted by molar-refractivity contribution is 0.226. The van der Waals surface area contributed by atoms with Crippen molar-refractivity contribution in [1.29, 1.82) is 5.26 Å². The van der Waals surface area contributed by atoms with Crippen LogP contribution in [0.3, 0.4) is 0 Å². The Hall–Kier alpha value is -1.57. The van der Waals surface area contributed by atoms with Crippen LogP contribution in [0.15, 0.2) is 18.2 Å². The van der Waals surface area contributed by atoms with Crippen molar-refractivity contribution in [2.24, 2.45) is 0 Å². The van der Waals surface area contributed by atoms with Gasteiger partial charge in [0.2, 0.25) is 0 Å². The van der Waals surface area contributed by atoms with E-state index in [4.69, 9.17) is 16.9 Å². The maximum Gasteiger partial charge on any atom is 0.124 e. The van der Waals surface area contributed by atoms with Gasteiger partial charge in [-0.3, -0.25) is 4.90 Å². The van der Waals surface area contributed by atoms with Crippen LogP contribution in [0.1, 0.15) is 31.2 Å². The first-order valence-electron chi connectivity index (χ1n) is 7.31. The highest BCUT2D eigenvalue weighted by molar-refractivity contribution is 6.16. The maximum absolute atomic E-state index is 9.09. The Bertz CT molecular complexity index is 696. The van der Waals surface area contributed by atoms with Gasteiger partial charge in [-0.15, -0.1) is 11.6 Å². The Morgan fingerprint density at radius 2 is 2.29 bits per heavy atom. The number of imidazole rings is 1. The molecule has 0 radical (unpaired) electrons. The molecule has 4 nitrogen and oxygen atoms in total. The smallest absolute Gasteiger partial charge is 0.124 e. The normalized spacial score (nSPS) is 16.3. The molecule has 0 saturated heterocycles. The van der Waals surface area contributed by atoms with E-state index in [0.29, 0.717) is 17.5 Å². The molecule has 3 rings (SSSR count). The van der Waals surface area contributed by atoms with E-state index in [9.17, 15) is 0 Å². The van der Waals surface area contributed by atoms with Crippen LogP contribution in [0.5, 0.6) is 0 Å². The van der Waals surface area contributed by atoms with Crippen molar-refractivity contribution >= 4 is 22.6 Å². The zero-order valence-electron chi connectivity index (χ0n) is 12.4. The fraction of sp³-hybridized carbons (Fsp3) is 0.500. The fourth-order valence-corrected chi connectivity index (χ4v) is 2.99. The van der Waals surface area contributed by atoms with Crippen molar-refractivity contribution in [3.63, 3.8) is 0 Å². The van der Waals surface area contributed by atoms with Gasteiger partial charge in [-0.2, -0.15) is 5.26 Å². The summed E-state index contributed by atoms with van der Waals surface area (Å²) in [5.74, 6) is 1.26. The summed E-state index contributed by atoms with van der Waals surface area (Å²) in [5.41, 5.74) is 2.57. The van der Waals surface area contributed by atoms with Gasteiger partial charge in [-0.1, -0.05) is 0 Å². The van der Waals surface area contributed by atoms with Crippen molar-refractivity contribution in [2.45, 2.75) is 44.3 Å². The molecule has 2 aromatic rings. The predicted octanol–water partition coefficient (Wildman–Crippen LogP) is 3.13.